The maximum atomic E-state index is 9.97. The summed E-state index contributed by atoms with van der Waals surface area (Å²) in [7, 11) is 0. The number of nitrogens with zero attached hydrogens (tertiary/aromatic N) is 1. The summed E-state index contributed by atoms with van der Waals surface area (Å²) in [5.74, 6) is 1.66. The molecule has 2 rings (SSSR count). The molecule has 1 atom stereocenters. The summed E-state index contributed by atoms with van der Waals surface area (Å²) in [6.45, 7) is 7.72. The number of nitrogens with one attached hydrogen (secondary N) is 1. The van der Waals surface area contributed by atoms with Crippen LogP contribution in [0.4, 0.5) is 0 Å². The number of aliphatic hydroxyl groups is 1. The van der Waals surface area contributed by atoms with Gasteiger partial charge >= 0.3 is 0 Å². The van der Waals surface area contributed by atoms with Gasteiger partial charge in [0.1, 0.15) is 5.76 Å². The van der Waals surface area contributed by atoms with E-state index in [4.69, 9.17) is 9.26 Å². The molecule has 1 fully saturated rings. The molecule has 1 aromatic rings. The SMILES string of the molecule is Cc1noc(C)c1CNCC(O)COC1CCC(C)CC1. The summed E-state index contributed by atoms with van der Waals surface area (Å²) in [5, 5.41) is 17.1. The molecular formula is C16H28N2O3. The van der Waals surface area contributed by atoms with Crippen molar-refractivity contribution in [3.8, 4) is 0 Å². The van der Waals surface area contributed by atoms with Crippen molar-refractivity contribution in [2.24, 2.45) is 5.92 Å². The normalized spacial score (nSPS) is 24.2. The average molecular weight is 296 g/mol. The zero-order valence-electron chi connectivity index (χ0n) is 13.4. The Kier molecular flexibility index (Phi) is 6.21. The minimum absolute atomic E-state index is 0.332. The Morgan fingerprint density at radius 3 is 2.67 bits per heavy atom. The smallest absolute Gasteiger partial charge is 0.138 e. The number of aromatic nitrogens is 1. The Morgan fingerprint density at radius 1 is 1.33 bits per heavy atom. The van der Waals surface area contributed by atoms with Crippen LogP contribution in [0.5, 0.6) is 0 Å². The lowest BCUT2D eigenvalue weighted by Gasteiger charge is -2.27. The molecule has 120 valence electrons. The molecule has 1 aliphatic carbocycles. The van der Waals surface area contributed by atoms with E-state index in [1.54, 1.807) is 0 Å². The number of aryl methyl sites for hydroxylation is 2. The molecule has 0 spiro atoms. The lowest BCUT2D eigenvalue weighted by molar-refractivity contribution is -0.0278. The van der Waals surface area contributed by atoms with E-state index in [-0.39, 0.29) is 0 Å². The second kappa shape index (κ2) is 7.92. The third kappa shape index (κ3) is 5.09. The van der Waals surface area contributed by atoms with Crippen molar-refractivity contribution >= 4 is 0 Å². The van der Waals surface area contributed by atoms with E-state index in [1.807, 2.05) is 13.8 Å². The van der Waals surface area contributed by atoms with Crippen LogP contribution in [0.3, 0.4) is 0 Å². The highest BCUT2D eigenvalue weighted by Gasteiger charge is 2.19. The van der Waals surface area contributed by atoms with E-state index >= 15 is 0 Å². The molecule has 0 saturated heterocycles. The molecule has 0 aliphatic heterocycles. The van der Waals surface area contributed by atoms with E-state index in [9.17, 15) is 5.11 Å². The molecule has 1 unspecified atom stereocenters. The molecule has 0 aromatic carbocycles. The first-order valence-corrected chi connectivity index (χ1v) is 7.98. The molecule has 0 amide bonds. The lowest BCUT2D eigenvalue weighted by atomic mass is 9.89. The van der Waals surface area contributed by atoms with Gasteiger partial charge in [-0.2, -0.15) is 0 Å². The average Bonchev–Trinajstić information content (AvgIpc) is 2.78. The van der Waals surface area contributed by atoms with Crippen LogP contribution < -0.4 is 5.32 Å². The van der Waals surface area contributed by atoms with Crippen LogP contribution in [0.25, 0.3) is 0 Å². The van der Waals surface area contributed by atoms with Crippen LogP contribution in [0.2, 0.25) is 0 Å². The first-order chi connectivity index (χ1) is 10.1. The Balaban J connectivity index is 1.60. The highest BCUT2D eigenvalue weighted by atomic mass is 16.5. The zero-order chi connectivity index (χ0) is 15.2. The molecule has 5 nitrogen and oxygen atoms in total. The Bertz CT molecular complexity index is 406. The zero-order valence-corrected chi connectivity index (χ0v) is 13.4. The number of hydrogen-bond acceptors (Lipinski definition) is 5. The van der Waals surface area contributed by atoms with Gasteiger partial charge in [0.25, 0.3) is 0 Å². The summed E-state index contributed by atoms with van der Waals surface area (Å²) in [5.41, 5.74) is 1.98. The van der Waals surface area contributed by atoms with Crippen molar-refractivity contribution in [1.82, 2.24) is 10.5 Å². The van der Waals surface area contributed by atoms with Gasteiger partial charge in [0.05, 0.1) is 24.5 Å². The molecular weight excluding hydrogens is 268 g/mol. The van der Waals surface area contributed by atoms with Gasteiger partial charge in [-0.3, -0.25) is 0 Å². The first-order valence-electron chi connectivity index (χ1n) is 7.98. The molecule has 0 bridgehead atoms. The number of hydrogen-bond donors (Lipinski definition) is 2. The third-order valence-corrected chi connectivity index (χ3v) is 4.35. The first kappa shape index (κ1) is 16.5. The largest absolute Gasteiger partial charge is 0.389 e. The molecule has 0 radical (unpaired) electrons. The molecule has 1 aromatic heterocycles. The summed E-state index contributed by atoms with van der Waals surface area (Å²) < 4.78 is 10.9. The van der Waals surface area contributed by atoms with Crippen molar-refractivity contribution in [2.45, 2.75) is 65.2 Å². The molecule has 1 heterocycles. The fourth-order valence-electron chi connectivity index (χ4n) is 2.82. The summed E-state index contributed by atoms with van der Waals surface area (Å²) in [6.07, 6.45) is 4.60. The molecule has 21 heavy (non-hydrogen) atoms. The van der Waals surface area contributed by atoms with E-state index in [0.29, 0.717) is 25.8 Å². The highest BCUT2D eigenvalue weighted by Crippen LogP contribution is 2.25. The second-order valence-electron chi connectivity index (χ2n) is 6.30. The predicted octanol–water partition coefficient (Wildman–Crippen LogP) is 2.34. The van der Waals surface area contributed by atoms with Gasteiger partial charge in [-0.25, -0.2) is 0 Å². The molecule has 1 saturated carbocycles. The Labute approximate surface area is 127 Å². The quantitative estimate of drug-likeness (QED) is 0.808. The van der Waals surface area contributed by atoms with Gasteiger partial charge in [-0.1, -0.05) is 12.1 Å². The fraction of sp³-hybridized carbons (Fsp3) is 0.812. The topological polar surface area (TPSA) is 67.5 Å². The summed E-state index contributed by atoms with van der Waals surface area (Å²) in [6, 6.07) is 0. The van der Waals surface area contributed by atoms with Crippen LogP contribution in [-0.4, -0.2) is 35.6 Å². The minimum Gasteiger partial charge on any atom is -0.389 e. The molecule has 2 N–H and O–H groups in total. The molecule has 1 aliphatic rings. The van der Waals surface area contributed by atoms with Gasteiger partial charge in [0.2, 0.25) is 0 Å². The Morgan fingerprint density at radius 2 is 2.05 bits per heavy atom. The number of ether oxygens (including phenoxy) is 1. The van der Waals surface area contributed by atoms with Gasteiger partial charge in [0.15, 0.2) is 0 Å². The van der Waals surface area contributed by atoms with E-state index < -0.39 is 6.10 Å². The maximum Gasteiger partial charge on any atom is 0.138 e. The standard InChI is InChI=1S/C16H28N2O3/c1-11-4-6-15(7-5-11)20-10-14(19)8-17-9-16-12(2)18-21-13(16)3/h11,14-15,17,19H,4-10H2,1-3H3. The number of aliphatic hydroxyl groups excluding tert-OH is 1. The molecule has 5 heteroatoms. The number of rotatable bonds is 7. The van der Waals surface area contributed by atoms with Gasteiger partial charge in [-0.15, -0.1) is 0 Å². The van der Waals surface area contributed by atoms with Crippen molar-refractivity contribution in [1.29, 1.82) is 0 Å². The summed E-state index contributed by atoms with van der Waals surface area (Å²) >= 11 is 0. The van der Waals surface area contributed by atoms with Crippen LogP contribution in [0.15, 0.2) is 4.52 Å². The van der Waals surface area contributed by atoms with E-state index in [0.717, 1.165) is 35.8 Å². The van der Waals surface area contributed by atoms with E-state index in [2.05, 4.69) is 17.4 Å². The maximum absolute atomic E-state index is 9.97. The highest BCUT2D eigenvalue weighted by molar-refractivity contribution is 5.20. The van der Waals surface area contributed by atoms with Crippen molar-refractivity contribution in [3.63, 3.8) is 0 Å². The minimum atomic E-state index is -0.468. The van der Waals surface area contributed by atoms with Gasteiger partial charge < -0.3 is 19.7 Å². The lowest BCUT2D eigenvalue weighted by Crippen LogP contribution is -2.32. The fourth-order valence-corrected chi connectivity index (χ4v) is 2.82. The van der Waals surface area contributed by atoms with E-state index in [1.165, 1.54) is 12.8 Å². The predicted molar refractivity (Wildman–Crippen MR) is 81.1 cm³/mol. The van der Waals surface area contributed by atoms with Crippen molar-refractivity contribution in [2.75, 3.05) is 13.2 Å². The van der Waals surface area contributed by atoms with Crippen LogP contribution in [0, 0.1) is 19.8 Å². The van der Waals surface area contributed by atoms with Gasteiger partial charge in [0, 0.05) is 18.7 Å². The second-order valence-corrected chi connectivity index (χ2v) is 6.30. The summed E-state index contributed by atoms with van der Waals surface area (Å²) in [4.78, 5) is 0. The Hall–Kier alpha value is -0.910. The monoisotopic (exact) mass is 296 g/mol. The van der Waals surface area contributed by atoms with Crippen molar-refractivity contribution in [3.05, 3.63) is 17.0 Å². The third-order valence-electron chi connectivity index (χ3n) is 4.35. The van der Waals surface area contributed by atoms with Crippen molar-refractivity contribution < 1.29 is 14.4 Å². The van der Waals surface area contributed by atoms with Gasteiger partial charge in [-0.05, 0) is 45.4 Å². The van der Waals surface area contributed by atoms with Crippen LogP contribution in [0.1, 0.15) is 49.6 Å². The van der Waals surface area contributed by atoms with Crippen LogP contribution >= 0.6 is 0 Å². The van der Waals surface area contributed by atoms with Crippen LogP contribution in [-0.2, 0) is 11.3 Å².